The highest BCUT2D eigenvalue weighted by Crippen LogP contribution is 2.10. The molecular weight excluding hydrogens is 232 g/mol. The Hall–Kier alpha value is -1.40. The Morgan fingerprint density at radius 2 is 2.06 bits per heavy atom. The van der Waals surface area contributed by atoms with E-state index in [0.29, 0.717) is 24.8 Å². The van der Waals surface area contributed by atoms with Crippen LogP contribution in [0.3, 0.4) is 0 Å². The second-order valence-electron chi connectivity index (χ2n) is 4.39. The third kappa shape index (κ3) is 6.36. The van der Waals surface area contributed by atoms with Gasteiger partial charge >= 0.3 is 0 Å². The Labute approximate surface area is 108 Å². The molecule has 102 valence electrons. The Bertz CT molecular complexity index is 345. The van der Waals surface area contributed by atoms with Crippen LogP contribution in [0.1, 0.15) is 20.8 Å². The van der Waals surface area contributed by atoms with Crippen LogP contribution in [0, 0.1) is 0 Å². The topological polar surface area (TPSA) is 79.3 Å². The number of aromatic nitrogens is 2. The van der Waals surface area contributed by atoms with Crippen molar-refractivity contribution >= 4 is 5.82 Å². The van der Waals surface area contributed by atoms with Gasteiger partial charge < -0.3 is 20.5 Å². The normalized spacial score (nSPS) is 12.5. The average Bonchev–Trinajstić information content (AvgIpc) is 2.27. The van der Waals surface area contributed by atoms with Gasteiger partial charge in [0.15, 0.2) is 0 Å². The van der Waals surface area contributed by atoms with Gasteiger partial charge in [-0.05, 0) is 20.8 Å². The molecule has 0 aliphatic rings. The Kier molecular flexibility index (Phi) is 6.38. The predicted octanol–water partition coefficient (Wildman–Crippen LogP) is 0.646. The van der Waals surface area contributed by atoms with Crippen LogP contribution in [0.2, 0.25) is 0 Å². The fourth-order valence-electron chi connectivity index (χ4n) is 1.32. The van der Waals surface area contributed by atoms with E-state index < -0.39 is 0 Å². The summed E-state index contributed by atoms with van der Waals surface area (Å²) in [5.74, 6) is 1.21. The van der Waals surface area contributed by atoms with Gasteiger partial charge in [-0.1, -0.05) is 0 Å². The molecule has 18 heavy (non-hydrogen) atoms. The average molecular weight is 254 g/mol. The van der Waals surface area contributed by atoms with Crippen LogP contribution >= 0.6 is 0 Å². The molecule has 0 aliphatic heterocycles. The smallest absolute Gasteiger partial charge is 0.234 e. The Balaban J connectivity index is 2.29. The molecule has 0 amide bonds. The number of rotatable bonds is 8. The first kappa shape index (κ1) is 14.7. The molecule has 0 saturated heterocycles. The number of nitrogens with zero attached hydrogens (tertiary/aromatic N) is 2. The largest absolute Gasteiger partial charge is 0.474 e. The van der Waals surface area contributed by atoms with E-state index in [9.17, 15) is 0 Å². The summed E-state index contributed by atoms with van der Waals surface area (Å²) in [6.45, 7) is 7.69. The summed E-state index contributed by atoms with van der Waals surface area (Å²) in [7, 11) is 0. The van der Waals surface area contributed by atoms with Gasteiger partial charge in [0.05, 0.1) is 24.6 Å². The molecule has 0 aliphatic carbocycles. The summed E-state index contributed by atoms with van der Waals surface area (Å²) in [5, 5.41) is 15.3. The fraction of sp³-hybridized carbons (Fsp3) is 0.667. The fourth-order valence-corrected chi connectivity index (χ4v) is 1.32. The van der Waals surface area contributed by atoms with Gasteiger partial charge in [0.1, 0.15) is 5.82 Å². The van der Waals surface area contributed by atoms with Crippen molar-refractivity contribution in [1.82, 2.24) is 15.3 Å². The molecule has 0 spiro atoms. The van der Waals surface area contributed by atoms with Crippen LogP contribution in [0.5, 0.6) is 5.88 Å². The van der Waals surface area contributed by atoms with Crippen molar-refractivity contribution in [2.24, 2.45) is 0 Å². The molecule has 0 radical (unpaired) electrons. The van der Waals surface area contributed by atoms with Gasteiger partial charge in [-0.15, -0.1) is 0 Å². The summed E-state index contributed by atoms with van der Waals surface area (Å²) in [6.07, 6.45) is 3.01. The number of ether oxygens (including phenoxy) is 1. The van der Waals surface area contributed by atoms with E-state index >= 15 is 0 Å². The molecule has 1 rings (SSSR count). The second kappa shape index (κ2) is 7.84. The molecule has 0 bridgehead atoms. The lowest BCUT2D eigenvalue weighted by Crippen LogP contribution is -2.29. The van der Waals surface area contributed by atoms with E-state index in [1.807, 2.05) is 13.8 Å². The lowest BCUT2D eigenvalue weighted by Gasteiger charge is -2.11. The third-order valence-electron chi connectivity index (χ3n) is 2.02. The molecule has 1 heterocycles. The second-order valence-corrected chi connectivity index (χ2v) is 4.39. The molecule has 1 aromatic rings. The van der Waals surface area contributed by atoms with E-state index in [-0.39, 0.29) is 12.2 Å². The van der Waals surface area contributed by atoms with E-state index in [1.165, 1.54) is 0 Å². The lowest BCUT2D eigenvalue weighted by atomic mass is 10.4. The maximum atomic E-state index is 9.07. The number of anilines is 1. The first-order valence-corrected chi connectivity index (χ1v) is 6.19. The molecule has 6 heteroatoms. The van der Waals surface area contributed by atoms with Gasteiger partial charge in [0, 0.05) is 19.6 Å². The molecule has 0 saturated carbocycles. The predicted molar refractivity (Wildman–Crippen MR) is 70.8 cm³/mol. The molecule has 3 N–H and O–H groups in total. The highest BCUT2D eigenvalue weighted by Gasteiger charge is 2.01. The Morgan fingerprint density at radius 3 is 2.72 bits per heavy atom. The summed E-state index contributed by atoms with van der Waals surface area (Å²) in [6, 6.07) is 0. The van der Waals surface area contributed by atoms with Crippen molar-refractivity contribution in [2.75, 3.05) is 25.0 Å². The molecule has 1 unspecified atom stereocenters. The van der Waals surface area contributed by atoms with Gasteiger partial charge in [-0.3, -0.25) is 4.98 Å². The van der Waals surface area contributed by atoms with Crippen LogP contribution in [-0.4, -0.2) is 46.9 Å². The zero-order valence-electron chi connectivity index (χ0n) is 11.2. The molecule has 6 nitrogen and oxygen atoms in total. The van der Waals surface area contributed by atoms with Crippen LogP contribution in [-0.2, 0) is 0 Å². The van der Waals surface area contributed by atoms with Crippen LogP contribution in [0.15, 0.2) is 12.4 Å². The molecule has 0 fully saturated rings. The number of nitrogens with one attached hydrogen (secondary N) is 2. The van der Waals surface area contributed by atoms with Gasteiger partial charge in [-0.2, -0.15) is 4.98 Å². The number of hydrogen-bond donors (Lipinski definition) is 3. The zero-order valence-corrected chi connectivity index (χ0v) is 11.2. The van der Waals surface area contributed by atoms with Gasteiger partial charge in [-0.25, -0.2) is 0 Å². The molecule has 1 atom stereocenters. The van der Waals surface area contributed by atoms with E-state index in [0.717, 1.165) is 6.54 Å². The van der Waals surface area contributed by atoms with Crippen LogP contribution in [0.4, 0.5) is 5.82 Å². The quantitative estimate of drug-likeness (QED) is 0.591. The van der Waals surface area contributed by atoms with Crippen molar-refractivity contribution in [1.29, 1.82) is 0 Å². The van der Waals surface area contributed by atoms with Crippen molar-refractivity contribution in [3.63, 3.8) is 0 Å². The summed E-state index contributed by atoms with van der Waals surface area (Å²) >= 11 is 0. The number of aliphatic hydroxyl groups is 1. The van der Waals surface area contributed by atoms with Crippen molar-refractivity contribution in [3.05, 3.63) is 12.4 Å². The monoisotopic (exact) mass is 254 g/mol. The summed E-state index contributed by atoms with van der Waals surface area (Å²) in [4.78, 5) is 8.33. The zero-order chi connectivity index (χ0) is 13.4. The minimum atomic E-state index is -0.326. The van der Waals surface area contributed by atoms with E-state index in [1.54, 1.807) is 19.3 Å². The summed E-state index contributed by atoms with van der Waals surface area (Å²) < 4.78 is 5.45. The van der Waals surface area contributed by atoms with Crippen molar-refractivity contribution in [3.8, 4) is 5.88 Å². The van der Waals surface area contributed by atoms with Crippen LogP contribution in [0.25, 0.3) is 0 Å². The summed E-state index contributed by atoms with van der Waals surface area (Å²) in [5.41, 5.74) is 0. The van der Waals surface area contributed by atoms with Crippen molar-refractivity contribution < 1.29 is 9.84 Å². The maximum absolute atomic E-state index is 9.07. The first-order valence-electron chi connectivity index (χ1n) is 6.19. The van der Waals surface area contributed by atoms with Crippen LogP contribution < -0.4 is 15.4 Å². The minimum Gasteiger partial charge on any atom is -0.474 e. The van der Waals surface area contributed by atoms with Crippen molar-refractivity contribution in [2.45, 2.75) is 33.0 Å². The third-order valence-corrected chi connectivity index (χ3v) is 2.02. The van der Waals surface area contributed by atoms with E-state index in [4.69, 9.17) is 9.84 Å². The molecular formula is C12H22N4O2. The maximum Gasteiger partial charge on any atom is 0.234 e. The van der Waals surface area contributed by atoms with E-state index in [2.05, 4.69) is 20.6 Å². The highest BCUT2D eigenvalue weighted by molar-refractivity contribution is 5.33. The van der Waals surface area contributed by atoms with Gasteiger partial charge in [0.2, 0.25) is 5.88 Å². The molecule has 0 aromatic carbocycles. The highest BCUT2D eigenvalue weighted by atomic mass is 16.5. The standard InChI is InChI=1S/C12H22N4O2/c1-9(2)18-12-8-14-7-11(16-12)15-5-4-13-6-10(3)17/h7-10,13,17H,4-6H2,1-3H3,(H,15,16). The number of hydrogen-bond acceptors (Lipinski definition) is 6. The lowest BCUT2D eigenvalue weighted by molar-refractivity contribution is 0.192. The first-order chi connectivity index (χ1) is 8.58. The minimum absolute atomic E-state index is 0.0854. The van der Waals surface area contributed by atoms with Gasteiger partial charge in [0.25, 0.3) is 0 Å². The molecule has 1 aromatic heterocycles. The number of aliphatic hydroxyl groups excluding tert-OH is 1. The Morgan fingerprint density at radius 1 is 1.28 bits per heavy atom. The SMILES string of the molecule is CC(O)CNCCNc1cncc(OC(C)C)n1.